The molecule has 5 heteroatoms. The SMILES string of the molecule is NC(=O)[C@H]1CCCN(C(=O)C[NH+]2CC=C(c3ccccc3)CC2)C1. The van der Waals surface area contributed by atoms with Crippen LogP contribution in [-0.4, -0.2) is 49.4 Å². The number of nitrogens with zero attached hydrogens (tertiary/aromatic N) is 1. The van der Waals surface area contributed by atoms with Crippen LogP contribution in [0.2, 0.25) is 0 Å². The summed E-state index contributed by atoms with van der Waals surface area (Å²) in [7, 11) is 0. The average molecular weight is 328 g/mol. The highest BCUT2D eigenvalue weighted by atomic mass is 16.2. The molecule has 0 radical (unpaired) electrons. The molecule has 5 nitrogen and oxygen atoms in total. The van der Waals surface area contributed by atoms with Crippen molar-refractivity contribution in [3.05, 3.63) is 42.0 Å². The lowest BCUT2D eigenvalue weighted by Crippen LogP contribution is -3.13. The summed E-state index contributed by atoms with van der Waals surface area (Å²) in [6.45, 7) is 3.60. The lowest BCUT2D eigenvalue weighted by Gasteiger charge is -2.32. The molecule has 1 unspecified atom stereocenters. The number of piperidine rings is 1. The van der Waals surface area contributed by atoms with Crippen LogP contribution in [0.3, 0.4) is 0 Å². The maximum Gasteiger partial charge on any atom is 0.277 e. The van der Waals surface area contributed by atoms with E-state index in [0.29, 0.717) is 13.1 Å². The summed E-state index contributed by atoms with van der Waals surface area (Å²) in [5.41, 5.74) is 8.05. The van der Waals surface area contributed by atoms with Crippen LogP contribution in [0.25, 0.3) is 5.57 Å². The highest BCUT2D eigenvalue weighted by molar-refractivity contribution is 5.80. The number of likely N-dealkylation sites (tertiary alicyclic amines) is 1. The van der Waals surface area contributed by atoms with E-state index in [4.69, 9.17) is 5.73 Å². The van der Waals surface area contributed by atoms with Gasteiger partial charge in [0.1, 0.15) is 0 Å². The number of nitrogens with one attached hydrogen (secondary N) is 1. The van der Waals surface area contributed by atoms with Gasteiger partial charge in [0, 0.05) is 19.5 Å². The molecule has 0 bridgehead atoms. The zero-order chi connectivity index (χ0) is 16.9. The van der Waals surface area contributed by atoms with Gasteiger partial charge in [0.15, 0.2) is 6.54 Å². The van der Waals surface area contributed by atoms with Crippen molar-refractivity contribution in [2.45, 2.75) is 19.3 Å². The van der Waals surface area contributed by atoms with Crippen LogP contribution in [0.1, 0.15) is 24.8 Å². The number of carbonyl (C=O) groups is 2. The van der Waals surface area contributed by atoms with E-state index in [2.05, 4.69) is 30.3 Å². The van der Waals surface area contributed by atoms with Crippen molar-refractivity contribution in [3.8, 4) is 0 Å². The van der Waals surface area contributed by atoms with Crippen molar-refractivity contribution in [2.75, 3.05) is 32.7 Å². The fourth-order valence-electron chi connectivity index (χ4n) is 3.62. The molecular formula is C19H26N3O2+. The minimum atomic E-state index is -0.284. The van der Waals surface area contributed by atoms with Crippen molar-refractivity contribution in [1.82, 2.24) is 4.90 Å². The third-order valence-corrected chi connectivity index (χ3v) is 5.11. The molecule has 3 rings (SSSR count). The highest BCUT2D eigenvalue weighted by Crippen LogP contribution is 2.18. The van der Waals surface area contributed by atoms with E-state index in [1.54, 1.807) is 0 Å². The molecule has 0 spiro atoms. The van der Waals surface area contributed by atoms with Gasteiger partial charge >= 0.3 is 0 Å². The molecule has 2 aliphatic rings. The second kappa shape index (κ2) is 7.62. The molecular weight excluding hydrogens is 302 g/mol. The second-order valence-electron chi connectivity index (χ2n) is 6.81. The van der Waals surface area contributed by atoms with E-state index >= 15 is 0 Å². The summed E-state index contributed by atoms with van der Waals surface area (Å²) in [6.07, 6.45) is 4.92. The van der Waals surface area contributed by atoms with Gasteiger partial charge in [-0.25, -0.2) is 0 Å². The quantitative estimate of drug-likeness (QED) is 0.822. The molecule has 2 heterocycles. The number of hydrogen-bond acceptors (Lipinski definition) is 2. The molecule has 3 N–H and O–H groups in total. The zero-order valence-corrected chi connectivity index (χ0v) is 14.0. The van der Waals surface area contributed by atoms with E-state index in [1.807, 2.05) is 11.0 Å². The molecule has 0 aliphatic carbocycles. The maximum atomic E-state index is 12.5. The summed E-state index contributed by atoms with van der Waals surface area (Å²) in [6, 6.07) is 10.4. The van der Waals surface area contributed by atoms with Gasteiger partial charge in [0.25, 0.3) is 5.91 Å². The molecule has 0 saturated carbocycles. The number of hydrogen-bond donors (Lipinski definition) is 2. The monoisotopic (exact) mass is 328 g/mol. The van der Waals surface area contributed by atoms with Gasteiger partial charge in [-0.1, -0.05) is 30.3 Å². The first-order valence-corrected chi connectivity index (χ1v) is 8.78. The van der Waals surface area contributed by atoms with Gasteiger partial charge in [-0.3, -0.25) is 9.59 Å². The Bertz CT molecular complexity index is 627. The van der Waals surface area contributed by atoms with Gasteiger partial charge in [-0.2, -0.15) is 0 Å². The average Bonchev–Trinajstić information content (AvgIpc) is 2.63. The highest BCUT2D eigenvalue weighted by Gasteiger charge is 2.29. The minimum Gasteiger partial charge on any atom is -0.369 e. The van der Waals surface area contributed by atoms with Crippen molar-refractivity contribution in [1.29, 1.82) is 0 Å². The summed E-state index contributed by atoms with van der Waals surface area (Å²) >= 11 is 0. The molecule has 2 aliphatic heterocycles. The van der Waals surface area contributed by atoms with Gasteiger partial charge < -0.3 is 15.5 Å². The Morgan fingerprint density at radius 3 is 2.71 bits per heavy atom. The first-order chi connectivity index (χ1) is 11.6. The molecule has 2 amide bonds. The van der Waals surface area contributed by atoms with E-state index in [9.17, 15) is 9.59 Å². The lowest BCUT2D eigenvalue weighted by molar-refractivity contribution is -0.887. The maximum absolute atomic E-state index is 12.5. The van der Waals surface area contributed by atoms with Crippen molar-refractivity contribution >= 4 is 17.4 Å². The van der Waals surface area contributed by atoms with Crippen LogP contribution >= 0.6 is 0 Å². The van der Waals surface area contributed by atoms with Gasteiger partial charge in [0.2, 0.25) is 5.91 Å². The third kappa shape index (κ3) is 4.03. The Balaban J connectivity index is 1.53. The Hall–Kier alpha value is -2.14. The molecule has 128 valence electrons. The molecule has 1 saturated heterocycles. The standard InChI is InChI=1S/C19H25N3O2/c20-19(24)17-7-4-10-22(13-17)18(23)14-21-11-8-16(9-12-21)15-5-2-1-3-6-15/h1-3,5-6,8,17H,4,7,9-14H2,(H2,20,24)/p+1/t17-/m0/s1. The number of amides is 2. The number of carbonyl (C=O) groups excluding carboxylic acids is 2. The van der Waals surface area contributed by atoms with Crippen LogP contribution in [0.15, 0.2) is 36.4 Å². The van der Waals surface area contributed by atoms with Crippen LogP contribution < -0.4 is 10.6 Å². The van der Waals surface area contributed by atoms with Gasteiger partial charge in [0.05, 0.1) is 19.0 Å². The predicted octanol–water partition coefficient (Wildman–Crippen LogP) is 0.0825. The predicted molar refractivity (Wildman–Crippen MR) is 93.1 cm³/mol. The summed E-state index contributed by atoms with van der Waals surface area (Å²) < 4.78 is 0. The topological polar surface area (TPSA) is 67.8 Å². The van der Waals surface area contributed by atoms with E-state index in [0.717, 1.165) is 38.9 Å². The summed E-state index contributed by atoms with van der Waals surface area (Å²) in [5.74, 6) is -0.315. The van der Waals surface area contributed by atoms with Crippen molar-refractivity contribution in [3.63, 3.8) is 0 Å². The molecule has 1 fully saturated rings. The fourth-order valence-corrected chi connectivity index (χ4v) is 3.62. The number of nitrogens with two attached hydrogens (primary N) is 1. The minimum absolute atomic E-state index is 0.146. The Labute approximate surface area is 143 Å². The lowest BCUT2D eigenvalue weighted by atomic mass is 9.97. The van der Waals surface area contributed by atoms with E-state index in [1.165, 1.54) is 16.0 Å². The van der Waals surface area contributed by atoms with E-state index in [-0.39, 0.29) is 17.7 Å². The Morgan fingerprint density at radius 1 is 1.25 bits per heavy atom. The summed E-state index contributed by atoms with van der Waals surface area (Å²) in [4.78, 5) is 27.0. The number of benzene rings is 1. The van der Waals surface area contributed by atoms with Crippen LogP contribution in [-0.2, 0) is 9.59 Å². The number of quaternary nitrogens is 1. The third-order valence-electron chi connectivity index (χ3n) is 5.11. The first-order valence-electron chi connectivity index (χ1n) is 8.78. The normalized spacial score (nSPS) is 24.3. The largest absolute Gasteiger partial charge is 0.369 e. The van der Waals surface area contributed by atoms with Crippen LogP contribution in [0.5, 0.6) is 0 Å². The smallest absolute Gasteiger partial charge is 0.277 e. The Morgan fingerprint density at radius 2 is 2.04 bits per heavy atom. The van der Waals surface area contributed by atoms with Gasteiger partial charge in [-0.05, 0) is 30.1 Å². The second-order valence-corrected chi connectivity index (χ2v) is 6.81. The summed E-state index contributed by atoms with van der Waals surface area (Å²) in [5, 5.41) is 0. The Kier molecular flexibility index (Phi) is 5.30. The van der Waals surface area contributed by atoms with Crippen LogP contribution in [0.4, 0.5) is 0 Å². The zero-order valence-electron chi connectivity index (χ0n) is 14.0. The fraction of sp³-hybridized carbons (Fsp3) is 0.474. The molecule has 0 aromatic heterocycles. The first kappa shape index (κ1) is 16.7. The van der Waals surface area contributed by atoms with Crippen molar-refractivity contribution in [2.24, 2.45) is 11.7 Å². The van der Waals surface area contributed by atoms with Crippen LogP contribution in [0, 0.1) is 5.92 Å². The van der Waals surface area contributed by atoms with Crippen molar-refractivity contribution < 1.29 is 14.5 Å². The molecule has 24 heavy (non-hydrogen) atoms. The molecule has 1 aromatic carbocycles. The number of primary amides is 1. The number of rotatable bonds is 4. The molecule has 2 atom stereocenters. The molecule has 1 aromatic rings. The van der Waals surface area contributed by atoms with E-state index < -0.39 is 0 Å². The van der Waals surface area contributed by atoms with Gasteiger partial charge in [-0.15, -0.1) is 0 Å².